The summed E-state index contributed by atoms with van der Waals surface area (Å²) < 4.78 is 10.9. The van der Waals surface area contributed by atoms with Crippen molar-refractivity contribution in [1.82, 2.24) is 15.1 Å². The molecule has 8 nitrogen and oxygen atoms in total. The Morgan fingerprint density at radius 3 is 2.67 bits per heavy atom. The fourth-order valence-electron chi connectivity index (χ4n) is 2.49. The van der Waals surface area contributed by atoms with E-state index in [0.717, 1.165) is 11.8 Å². The molecule has 2 amide bonds. The second-order valence-electron chi connectivity index (χ2n) is 6.14. The number of methoxy groups -OCH3 is 1. The molecule has 0 unspecified atom stereocenters. The molecule has 0 aliphatic heterocycles. The van der Waals surface area contributed by atoms with E-state index in [4.69, 9.17) is 20.8 Å². The van der Waals surface area contributed by atoms with Crippen LogP contribution >= 0.6 is 23.4 Å². The second-order valence-corrected chi connectivity index (χ2v) is 7.47. The number of ether oxygens (including phenoxy) is 1. The number of benzene rings is 2. The Morgan fingerprint density at radius 2 is 1.90 bits per heavy atom. The lowest BCUT2D eigenvalue weighted by Gasteiger charge is -2.16. The SMILES string of the molecule is COc1ccccc1-c1nnc(SCC(=O)N(C)CC(=O)Nc2ccccc2Cl)o1. The summed E-state index contributed by atoms with van der Waals surface area (Å²) >= 11 is 7.11. The number of anilines is 1. The minimum Gasteiger partial charge on any atom is -0.496 e. The molecule has 0 aliphatic rings. The molecule has 2 aromatic carbocycles. The molecule has 30 heavy (non-hydrogen) atoms. The van der Waals surface area contributed by atoms with Crippen LogP contribution in [0, 0.1) is 0 Å². The Morgan fingerprint density at radius 1 is 1.17 bits per heavy atom. The van der Waals surface area contributed by atoms with E-state index in [1.807, 2.05) is 12.1 Å². The van der Waals surface area contributed by atoms with Gasteiger partial charge < -0.3 is 19.4 Å². The van der Waals surface area contributed by atoms with E-state index in [2.05, 4.69) is 15.5 Å². The molecule has 0 spiro atoms. The molecule has 1 heterocycles. The average Bonchev–Trinajstić information content (AvgIpc) is 3.22. The number of carbonyl (C=O) groups is 2. The van der Waals surface area contributed by atoms with Crippen LogP contribution in [0.5, 0.6) is 5.75 Å². The highest BCUT2D eigenvalue weighted by Gasteiger charge is 2.17. The molecule has 156 valence electrons. The van der Waals surface area contributed by atoms with Gasteiger partial charge in [0, 0.05) is 7.05 Å². The summed E-state index contributed by atoms with van der Waals surface area (Å²) in [5.74, 6) is 0.350. The number of hydrogen-bond donors (Lipinski definition) is 1. The van der Waals surface area contributed by atoms with Crippen LogP contribution in [0.25, 0.3) is 11.5 Å². The van der Waals surface area contributed by atoms with Gasteiger partial charge in [-0.05, 0) is 24.3 Å². The van der Waals surface area contributed by atoms with Crippen molar-refractivity contribution in [3.05, 3.63) is 53.6 Å². The van der Waals surface area contributed by atoms with E-state index in [1.54, 1.807) is 50.6 Å². The molecule has 0 saturated heterocycles. The highest BCUT2D eigenvalue weighted by molar-refractivity contribution is 7.99. The quantitative estimate of drug-likeness (QED) is 0.528. The van der Waals surface area contributed by atoms with Gasteiger partial charge in [-0.15, -0.1) is 10.2 Å². The first-order chi connectivity index (χ1) is 14.5. The van der Waals surface area contributed by atoms with Crippen LogP contribution in [0.15, 0.2) is 58.2 Å². The van der Waals surface area contributed by atoms with E-state index in [0.29, 0.717) is 27.9 Å². The van der Waals surface area contributed by atoms with Crippen molar-refractivity contribution in [3.8, 4) is 17.2 Å². The minimum absolute atomic E-state index is 0.0451. The van der Waals surface area contributed by atoms with Crippen molar-refractivity contribution >= 4 is 40.9 Å². The van der Waals surface area contributed by atoms with Gasteiger partial charge in [0.1, 0.15) is 5.75 Å². The van der Waals surface area contributed by atoms with Gasteiger partial charge in [-0.25, -0.2) is 0 Å². The van der Waals surface area contributed by atoms with Gasteiger partial charge in [0.05, 0.1) is 35.7 Å². The van der Waals surface area contributed by atoms with E-state index in [1.165, 1.54) is 4.90 Å². The number of rotatable bonds is 8. The molecule has 3 rings (SSSR count). The molecular formula is C20H19ClN4O4S. The lowest BCUT2D eigenvalue weighted by molar-refractivity contribution is -0.131. The standard InChI is InChI=1S/C20H19ClN4O4S/c1-25(11-17(26)22-15-9-5-4-8-14(15)21)18(27)12-30-20-24-23-19(29-20)13-7-3-6-10-16(13)28-2/h3-10H,11-12H2,1-2H3,(H,22,26). The van der Waals surface area contributed by atoms with Gasteiger partial charge in [0.15, 0.2) is 0 Å². The third-order valence-electron chi connectivity index (χ3n) is 4.02. The number of para-hydroxylation sites is 2. The largest absolute Gasteiger partial charge is 0.496 e. The summed E-state index contributed by atoms with van der Waals surface area (Å²) in [6, 6.07) is 14.2. The predicted molar refractivity (Wildman–Crippen MR) is 115 cm³/mol. The zero-order chi connectivity index (χ0) is 21.5. The number of nitrogens with zero attached hydrogens (tertiary/aromatic N) is 3. The van der Waals surface area contributed by atoms with Crippen LogP contribution in [-0.4, -0.2) is 53.4 Å². The van der Waals surface area contributed by atoms with Gasteiger partial charge >= 0.3 is 0 Å². The Bertz CT molecular complexity index is 1040. The van der Waals surface area contributed by atoms with Crippen molar-refractivity contribution in [2.75, 3.05) is 31.8 Å². The molecule has 0 radical (unpaired) electrons. The molecule has 3 aromatic rings. The van der Waals surface area contributed by atoms with Crippen molar-refractivity contribution in [2.24, 2.45) is 0 Å². The number of nitrogens with one attached hydrogen (secondary N) is 1. The maximum Gasteiger partial charge on any atom is 0.277 e. The highest BCUT2D eigenvalue weighted by atomic mass is 35.5. The second kappa shape index (κ2) is 10.1. The van der Waals surface area contributed by atoms with Crippen LogP contribution < -0.4 is 10.1 Å². The molecule has 0 bridgehead atoms. The Kier molecular flexibility index (Phi) is 7.31. The predicted octanol–water partition coefficient (Wildman–Crippen LogP) is 3.59. The fraction of sp³-hybridized carbons (Fsp3) is 0.200. The Hall–Kier alpha value is -3.04. The molecule has 0 aliphatic carbocycles. The van der Waals surface area contributed by atoms with Gasteiger partial charge in [0.2, 0.25) is 11.8 Å². The molecule has 1 N–H and O–H groups in total. The fourth-order valence-corrected chi connectivity index (χ4v) is 3.37. The van der Waals surface area contributed by atoms with Crippen LogP contribution in [0.3, 0.4) is 0 Å². The third-order valence-corrected chi connectivity index (χ3v) is 5.15. The highest BCUT2D eigenvalue weighted by Crippen LogP contribution is 2.30. The normalized spacial score (nSPS) is 10.5. The Balaban J connectivity index is 1.52. The number of hydrogen-bond acceptors (Lipinski definition) is 7. The van der Waals surface area contributed by atoms with Gasteiger partial charge in [-0.3, -0.25) is 9.59 Å². The lowest BCUT2D eigenvalue weighted by atomic mass is 10.2. The first-order valence-corrected chi connectivity index (χ1v) is 10.2. The maximum atomic E-state index is 12.3. The van der Waals surface area contributed by atoms with Crippen molar-refractivity contribution < 1.29 is 18.7 Å². The summed E-state index contributed by atoms with van der Waals surface area (Å²) in [4.78, 5) is 25.8. The van der Waals surface area contributed by atoms with Crippen molar-refractivity contribution in [3.63, 3.8) is 0 Å². The summed E-state index contributed by atoms with van der Waals surface area (Å²) in [6.07, 6.45) is 0. The number of likely N-dealkylation sites (N-methyl/N-ethyl adjacent to an activating group) is 1. The van der Waals surface area contributed by atoms with Crippen LogP contribution in [0.4, 0.5) is 5.69 Å². The molecule has 0 saturated carbocycles. The smallest absolute Gasteiger partial charge is 0.277 e. The Labute approximate surface area is 182 Å². The van der Waals surface area contributed by atoms with E-state index < -0.39 is 0 Å². The summed E-state index contributed by atoms with van der Waals surface area (Å²) in [6.45, 7) is -0.110. The van der Waals surface area contributed by atoms with Crippen LogP contribution in [0.2, 0.25) is 5.02 Å². The first kappa shape index (κ1) is 21.7. The van der Waals surface area contributed by atoms with Crippen molar-refractivity contribution in [1.29, 1.82) is 0 Å². The average molecular weight is 447 g/mol. The van der Waals surface area contributed by atoms with E-state index in [9.17, 15) is 9.59 Å². The minimum atomic E-state index is -0.347. The number of thioether (sulfide) groups is 1. The lowest BCUT2D eigenvalue weighted by Crippen LogP contribution is -2.36. The zero-order valence-corrected chi connectivity index (χ0v) is 17.9. The van der Waals surface area contributed by atoms with E-state index >= 15 is 0 Å². The number of aromatic nitrogens is 2. The number of amides is 2. The monoisotopic (exact) mass is 446 g/mol. The molecule has 0 atom stereocenters. The van der Waals surface area contributed by atoms with Crippen LogP contribution in [0.1, 0.15) is 0 Å². The van der Waals surface area contributed by atoms with Gasteiger partial charge in [-0.1, -0.05) is 47.6 Å². The topological polar surface area (TPSA) is 97.6 Å². The summed E-state index contributed by atoms with van der Waals surface area (Å²) in [5.41, 5.74) is 1.16. The zero-order valence-electron chi connectivity index (χ0n) is 16.3. The van der Waals surface area contributed by atoms with Gasteiger partial charge in [-0.2, -0.15) is 0 Å². The molecule has 10 heteroatoms. The van der Waals surface area contributed by atoms with E-state index in [-0.39, 0.29) is 29.3 Å². The summed E-state index contributed by atoms with van der Waals surface area (Å²) in [7, 11) is 3.10. The van der Waals surface area contributed by atoms with Gasteiger partial charge in [0.25, 0.3) is 11.1 Å². The number of halogens is 1. The maximum absolute atomic E-state index is 12.3. The molecule has 0 fully saturated rings. The van der Waals surface area contributed by atoms with Crippen LogP contribution in [-0.2, 0) is 9.59 Å². The first-order valence-electron chi connectivity index (χ1n) is 8.86. The van der Waals surface area contributed by atoms with Crippen molar-refractivity contribution in [2.45, 2.75) is 5.22 Å². The number of carbonyl (C=O) groups excluding carboxylic acids is 2. The summed E-state index contributed by atoms with van der Waals surface area (Å²) in [5, 5.41) is 11.3. The third kappa shape index (κ3) is 5.52. The molecule has 1 aromatic heterocycles. The molecular weight excluding hydrogens is 428 g/mol.